The quantitative estimate of drug-likeness (QED) is 0.656. The van der Waals surface area contributed by atoms with Crippen molar-refractivity contribution >= 4 is 11.9 Å². The van der Waals surface area contributed by atoms with Crippen molar-refractivity contribution in [3.8, 4) is 5.75 Å². The fourth-order valence-electron chi connectivity index (χ4n) is 1.53. The van der Waals surface area contributed by atoms with Gasteiger partial charge in [0, 0.05) is 0 Å². The number of anilines is 1. The van der Waals surface area contributed by atoms with Gasteiger partial charge in [0.05, 0.1) is 19.0 Å². The topological polar surface area (TPSA) is 33.6 Å². The van der Waals surface area contributed by atoms with Gasteiger partial charge in [-0.3, -0.25) is 5.43 Å². The number of hydrazone groups is 1. The molecule has 0 aliphatic carbocycles. The number of nitrogens with one attached hydrogen (secondary N) is 1. The first-order valence-corrected chi connectivity index (χ1v) is 5.78. The minimum Gasteiger partial charge on any atom is -0.497 e. The van der Waals surface area contributed by atoms with Crippen molar-refractivity contribution in [1.29, 1.82) is 0 Å². The Balaban J connectivity index is 2.00. The predicted molar refractivity (Wildman–Crippen MR) is 75.4 cm³/mol. The Kier molecular flexibility index (Phi) is 3.97. The summed E-state index contributed by atoms with van der Waals surface area (Å²) >= 11 is 0. The van der Waals surface area contributed by atoms with E-state index in [4.69, 9.17) is 4.74 Å². The molecule has 92 valence electrons. The monoisotopic (exact) mass is 240 g/mol. The molecule has 18 heavy (non-hydrogen) atoms. The van der Waals surface area contributed by atoms with Gasteiger partial charge in [-0.15, -0.1) is 0 Å². The minimum atomic E-state index is 0.828. The smallest absolute Gasteiger partial charge is 0.119 e. The SMILES string of the molecule is COc1cccc(/C=N/Nc2ccc(C)cc2)c1. The van der Waals surface area contributed by atoms with Gasteiger partial charge in [-0.25, -0.2) is 0 Å². The van der Waals surface area contributed by atoms with Crippen LogP contribution in [0.3, 0.4) is 0 Å². The Morgan fingerprint density at radius 1 is 1.11 bits per heavy atom. The predicted octanol–water partition coefficient (Wildman–Crippen LogP) is 3.45. The molecule has 0 fully saturated rings. The summed E-state index contributed by atoms with van der Waals surface area (Å²) in [6.45, 7) is 2.06. The van der Waals surface area contributed by atoms with E-state index in [9.17, 15) is 0 Å². The highest BCUT2D eigenvalue weighted by molar-refractivity contribution is 5.80. The summed E-state index contributed by atoms with van der Waals surface area (Å²) in [4.78, 5) is 0. The molecule has 0 saturated carbocycles. The number of nitrogens with zero attached hydrogens (tertiary/aromatic N) is 1. The maximum absolute atomic E-state index is 5.15. The first-order chi connectivity index (χ1) is 8.78. The van der Waals surface area contributed by atoms with E-state index in [2.05, 4.69) is 17.5 Å². The molecule has 3 nitrogen and oxygen atoms in total. The van der Waals surface area contributed by atoms with Gasteiger partial charge < -0.3 is 4.74 Å². The molecule has 0 heterocycles. The van der Waals surface area contributed by atoms with Crippen LogP contribution in [0.1, 0.15) is 11.1 Å². The molecule has 2 rings (SSSR count). The number of aryl methyl sites for hydroxylation is 1. The molecule has 2 aromatic carbocycles. The van der Waals surface area contributed by atoms with Gasteiger partial charge in [-0.2, -0.15) is 5.10 Å². The van der Waals surface area contributed by atoms with Gasteiger partial charge in [0.15, 0.2) is 0 Å². The summed E-state index contributed by atoms with van der Waals surface area (Å²) in [5.41, 5.74) is 6.19. The number of hydrogen-bond acceptors (Lipinski definition) is 3. The van der Waals surface area contributed by atoms with Crippen LogP contribution in [-0.4, -0.2) is 13.3 Å². The van der Waals surface area contributed by atoms with Crippen LogP contribution in [0, 0.1) is 6.92 Å². The zero-order valence-corrected chi connectivity index (χ0v) is 10.6. The van der Waals surface area contributed by atoms with Gasteiger partial charge in [-0.05, 0) is 36.8 Å². The van der Waals surface area contributed by atoms with E-state index >= 15 is 0 Å². The number of methoxy groups -OCH3 is 1. The van der Waals surface area contributed by atoms with Crippen molar-refractivity contribution in [2.75, 3.05) is 12.5 Å². The molecule has 0 amide bonds. The van der Waals surface area contributed by atoms with Crippen LogP contribution < -0.4 is 10.2 Å². The zero-order chi connectivity index (χ0) is 12.8. The second-order valence-electron chi connectivity index (χ2n) is 4.01. The van der Waals surface area contributed by atoms with E-state index in [-0.39, 0.29) is 0 Å². The fourth-order valence-corrected chi connectivity index (χ4v) is 1.53. The lowest BCUT2D eigenvalue weighted by Crippen LogP contribution is -1.91. The third-order valence-electron chi connectivity index (χ3n) is 2.55. The van der Waals surface area contributed by atoms with Crippen LogP contribution in [0.4, 0.5) is 5.69 Å². The van der Waals surface area contributed by atoms with Crippen LogP contribution in [0.15, 0.2) is 53.6 Å². The minimum absolute atomic E-state index is 0.828. The Labute approximate surface area is 107 Å². The summed E-state index contributed by atoms with van der Waals surface area (Å²) in [5, 5.41) is 4.19. The van der Waals surface area contributed by atoms with Crippen LogP contribution in [-0.2, 0) is 0 Å². The van der Waals surface area contributed by atoms with Gasteiger partial charge in [0.2, 0.25) is 0 Å². The Morgan fingerprint density at radius 3 is 2.61 bits per heavy atom. The second-order valence-corrected chi connectivity index (χ2v) is 4.01. The molecule has 0 atom stereocenters. The van der Waals surface area contributed by atoms with E-state index < -0.39 is 0 Å². The van der Waals surface area contributed by atoms with Crippen molar-refractivity contribution in [1.82, 2.24) is 0 Å². The molecular weight excluding hydrogens is 224 g/mol. The number of hydrogen-bond donors (Lipinski definition) is 1. The standard InChI is InChI=1S/C15H16N2O/c1-12-6-8-14(9-7-12)17-16-11-13-4-3-5-15(10-13)18-2/h3-11,17H,1-2H3/b16-11+. The molecule has 3 heteroatoms. The molecule has 0 radical (unpaired) electrons. The van der Waals surface area contributed by atoms with E-state index in [0.717, 1.165) is 17.0 Å². The molecule has 0 aliphatic rings. The highest BCUT2D eigenvalue weighted by Gasteiger charge is 1.92. The maximum Gasteiger partial charge on any atom is 0.119 e. The van der Waals surface area contributed by atoms with Crippen molar-refractivity contribution in [3.63, 3.8) is 0 Å². The summed E-state index contributed by atoms with van der Waals surface area (Å²) in [5.74, 6) is 0.828. The summed E-state index contributed by atoms with van der Waals surface area (Å²) < 4.78 is 5.15. The van der Waals surface area contributed by atoms with Gasteiger partial charge in [0.1, 0.15) is 5.75 Å². The molecule has 0 unspecified atom stereocenters. The van der Waals surface area contributed by atoms with E-state index in [1.807, 2.05) is 48.5 Å². The van der Waals surface area contributed by atoms with Crippen LogP contribution in [0.25, 0.3) is 0 Å². The van der Waals surface area contributed by atoms with Crippen molar-refractivity contribution in [2.24, 2.45) is 5.10 Å². The second kappa shape index (κ2) is 5.87. The van der Waals surface area contributed by atoms with Gasteiger partial charge in [0.25, 0.3) is 0 Å². The van der Waals surface area contributed by atoms with E-state index in [0.29, 0.717) is 0 Å². The maximum atomic E-state index is 5.15. The Morgan fingerprint density at radius 2 is 1.89 bits per heavy atom. The average molecular weight is 240 g/mol. The van der Waals surface area contributed by atoms with Crippen LogP contribution >= 0.6 is 0 Å². The zero-order valence-electron chi connectivity index (χ0n) is 10.6. The molecule has 0 spiro atoms. The third kappa shape index (κ3) is 3.35. The number of rotatable bonds is 4. The average Bonchev–Trinajstić information content (AvgIpc) is 2.41. The van der Waals surface area contributed by atoms with E-state index in [1.54, 1.807) is 13.3 Å². The largest absolute Gasteiger partial charge is 0.497 e. The Hall–Kier alpha value is -2.29. The third-order valence-corrected chi connectivity index (χ3v) is 2.55. The lowest BCUT2D eigenvalue weighted by Gasteiger charge is -2.01. The molecular formula is C15H16N2O. The first-order valence-electron chi connectivity index (χ1n) is 5.78. The summed E-state index contributed by atoms with van der Waals surface area (Å²) in [7, 11) is 1.65. The van der Waals surface area contributed by atoms with Gasteiger partial charge in [-0.1, -0.05) is 29.8 Å². The van der Waals surface area contributed by atoms with Crippen LogP contribution in [0.2, 0.25) is 0 Å². The molecule has 0 aliphatic heterocycles. The number of ether oxygens (including phenoxy) is 1. The molecule has 0 aromatic heterocycles. The van der Waals surface area contributed by atoms with Crippen molar-refractivity contribution < 1.29 is 4.74 Å². The molecule has 0 saturated heterocycles. The van der Waals surface area contributed by atoms with Crippen LogP contribution in [0.5, 0.6) is 5.75 Å². The number of benzene rings is 2. The lowest BCUT2D eigenvalue weighted by atomic mass is 10.2. The molecule has 1 N–H and O–H groups in total. The van der Waals surface area contributed by atoms with E-state index in [1.165, 1.54) is 5.56 Å². The highest BCUT2D eigenvalue weighted by atomic mass is 16.5. The lowest BCUT2D eigenvalue weighted by molar-refractivity contribution is 0.415. The Bertz CT molecular complexity index is 532. The van der Waals surface area contributed by atoms with Crippen molar-refractivity contribution in [3.05, 3.63) is 59.7 Å². The highest BCUT2D eigenvalue weighted by Crippen LogP contribution is 2.11. The molecule has 0 bridgehead atoms. The normalized spacial score (nSPS) is 10.6. The summed E-state index contributed by atoms with van der Waals surface area (Å²) in [6, 6.07) is 15.8. The first kappa shape index (κ1) is 12.2. The van der Waals surface area contributed by atoms with Gasteiger partial charge >= 0.3 is 0 Å². The summed E-state index contributed by atoms with van der Waals surface area (Å²) in [6.07, 6.45) is 1.77. The molecule has 2 aromatic rings. The fraction of sp³-hybridized carbons (Fsp3) is 0.133. The van der Waals surface area contributed by atoms with Crippen molar-refractivity contribution in [2.45, 2.75) is 6.92 Å².